The van der Waals surface area contributed by atoms with Crippen molar-refractivity contribution in [3.63, 3.8) is 0 Å². The van der Waals surface area contributed by atoms with Crippen molar-refractivity contribution in [3.8, 4) is 0 Å². The minimum Gasteiger partial charge on any atom is -0.340 e. The first-order chi connectivity index (χ1) is 7.65. The number of rotatable bonds is 2. The molecule has 1 heterocycles. The quantitative estimate of drug-likeness (QED) is 0.859. The van der Waals surface area contributed by atoms with E-state index in [2.05, 4.69) is 42.2 Å². The minimum atomic E-state index is 0.846. The molecule has 0 bridgehead atoms. The van der Waals surface area contributed by atoms with Gasteiger partial charge in [0.25, 0.3) is 0 Å². The highest BCUT2D eigenvalue weighted by atomic mass is 79.9. The van der Waals surface area contributed by atoms with Crippen molar-refractivity contribution in [3.05, 3.63) is 51.0 Å². The third-order valence-corrected chi connectivity index (χ3v) is 3.45. The molecule has 0 aliphatic heterocycles. The Morgan fingerprint density at radius 3 is 2.62 bits per heavy atom. The van der Waals surface area contributed by atoms with Gasteiger partial charge in [0.05, 0.1) is 5.69 Å². The van der Waals surface area contributed by atoms with Crippen LogP contribution in [0.1, 0.15) is 5.69 Å². The lowest BCUT2D eigenvalue weighted by Crippen LogP contribution is -1.95. The van der Waals surface area contributed by atoms with Crippen LogP contribution in [0.15, 0.2) is 45.3 Å². The molecule has 0 saturated carbocycles. The highest BCUT2D eigenvalue weighted by Gasteiger charge is 1.99. The van der Waals surface area contributed by atoms with Crippen molar-refractivity contribution >= 4 is 43.4 Å². The molecule has 1 aromatic carbocycles. The highest BCUT2D eigenvalue weighted by Crippen LogP contribution is 2.21. The number of aromatic nitrogens is 1. The number of hydrogen-bond donors (Lipinski definition) is 1. The molecule has 0 amide bonds. The van der Waals surface area contributed by atoms with Crippen LogP contribution in [0.4, 0.5) is 11.5 Å². The predicted molar refractivity (Wildman–Crippen MR) is 74.1 cm³/mol. The second-order valence-electron chi connectivity index (χ2n) is 3.40. The summed E-state index contributed by atoms with van der Waals surface area (Å²) in [5.41, 5.74) is 1.99. The van der Waals surface area contributed by atoms with Gasteiger partial charge in [-0.25, -0.2) is 4.98 Å². The van der Waals surface area contributed by atoms with Crippen LogP contribution in [0.3, 0.4) is 0 Å². The summed E-state index contributed by atoms with van der Waals surface area (Å²) in [4.78, 5) is 4.42. The molecule has 0 spiro atoms. The summed E-state index contributed by atoms with van der Waals surface area (Å²) < 4.78 is 2.07. The van der Waals surface area contributed by atoms with Gasteiger partial charge in [-0.3, -0.25) is 0 Å². The van der Waals surface area contributed by atoms with Crippen LogP contribution in [0, 0.1) is 6.92 Å². The average Bonchev–Trinajstić information content (AvgIpc) is 2.24. The summed E-state index contributed by atoms with van der Waals surface area (Å²) in [5, 5.41) is 3.25. The van der Waals surface area contributed by atoms with Crippen molar-refractivity contribution < 1.29 is 0 Å². The lowest BCUT2D eigenvalue weighted by molar-refractivity contribution is 1.18. The number of pyridine rings is 1. The molecule has 0 saturated heterocycles. The molecule has 0 radical (unpaired) electrons. The zero-order valence-electron chi connectivity index (χ0n) is 8.67. The molecule has 4 heteroatoms. The van der Waals surface area contributed by atoms with Gasteiger partial charge in [-0.05, 0) is 53.2 Å². The summed E-state index contributed by atoms with van der Waals surface area (Å²) in [5.74, 6) is 0.846. The van der Waals surface area contributed by atoms with Gasteiger partial charge >= 0.3 is 0 Å². The molecule has 0 unspecified atom stereocenters. The fourth-order valence-electron chi connectivity index (χ4n) is 1.33. The van der Waals surface area contributed by atoms with E-state index < -0.39 is 0 Å². The van der Waals surface area contributed by atoms with Crippen LogP contribution in [-0.4, -0.2) is 4.98 Å². The van der Waals surface area contributed by atoms with E-state index in [1.165, 1.54) is 0 Å². The Kier molecular flexibility index (Phi) is 3.61. The molecule has 0 fully saturated rings. The molecule has 0 aliphatic carbocycles. The second kappa shape index (κ2) is 4.97. The van der Waals surface area contributed by atoms with Gasteiger partial charge in [0.2, 0.25) is 0 Å². The molecule has 1 N–H and O–H groups in total. The zero-order valence-corrected chi connectivity index (χ0v) is 11.8. The second-order valence-corrected chi connectivity index (χ2v) is 5.17. The summed E-state index contributed by atoms with van der Waals surface area (Å²) in [6.07, 6.45) is 0. The zero-order chi connectivity index (χ0) is 11.5. The summed E-state index contributed by atoms with van der Waals surface area (Å²) in [6, 6.07) is 11.9. The molecule has 0 atom stereocenters. The Hall–Kier alpha value is -0.870. The number of nitrogens with one attached hydrogen (secondary N) is 1. The molecule has 1 aromatic heterocycles. The van der Waals surface area contributed by atoms with Gasteiger partial charge in [-0.15, -0.1) is 0 Å². The SMILES string of the molecule is Cc1nc(Nc2cccc(Br)c2)ccc1Br. The number of anilines is 2. The van der Waals surface area contributed by atoms with Crippen LogP contribution in [0.5, 0.6) is 0 Å². The third kappa shape index (κ3) is 2.83. The van der Waals surface area contributed by atoms with Crippen molar-refractivity contribution in [2.24, 2.45) is 0 Å². The van der Waals surface area contributed by atoms with Gasteiger partial charge < -0.3 is 5.32 Å². The van der Waals surface area contributed by atoms with Crippen LogP contribution >= 0.6 is 31.9 Å². The maximum absolute atomic E-state index is 4.42. The van der Waals surface area contributed by atoms with Gasteiger partial charge in [0.1, 0.15) is 5.82 Å². The third-order valence-electron chi connectivity index (χ3n) is 2.12. The lowest BCUT2D eigenvalue weighted by Gasteiger charge is -2.07. The first-order valence-electron chi connectivity index (χ1n) is 4.81. The van der Waals surface area contributed by atoms with Crippen LogP contribution in [0.25, 0.3) is 0 Å². The van der Waals surface area contributed by atoms with Crippen molar-refractivity contribution in [2.45, 2.75) is 6.92 Å². The largest absolute Gasteiger partial charge is 0.340 e. The summed E-state index contributed by atoms with van der Waals surface area (Å²) in [7, 11) is 0. The van der Waals surface area contributed by atoms with Crippen molar-refractivity contribution in [2.75, 3.05) is 5.32 Å². The summed E-state index contributed by atoms with van der Waals surface area (Å²) >= 11 is 6.86. The Labute approximate surface area is 111 Å². The molecule has 2 rings (SSSR count). The maximum atomic E-state index is 4.42. The van der Waals surface area contributed by atoms with Crippen LogP contribution in [0.2, 0.25) is 0 Å². The first kappa shape index (κ1) is 11.6. The number of nitrogens with zero attached hydrogens (tertiary/aromatic N) is 1. The minimum absolute atomic E-state index is 0.846. The molecule has 16 heavy (non-hydrogen) atoms. The van der Waals surface area contributed by atoms with E-state index in [0.717, 1.165) is 26.1 Å². The number of benzene rings is 1. The summed E-state index contributed by atoms with van der Waals surface area (Å²) in [6.45, 7) is 1.97. The van der Waals surface area contributed by atoms with Gasteiger partial charge in [0.15, 0.2) is 0 Å². The van der Waals surface area contributed by atoms with E-state index in [1.54, 1.807) is 0 Å². The van der Waals surface area contributed by atoms with Crippen LogP contribution in [-0.2, 0) is 0 Å². The molecule has 0 aliphatic rings. The monoisotopic (exact) mass is 340 g/mol. The number of halogens is 2. The number of aryl methyl sites for hydroxylation is 1. The molecule has 82 valence electrons. The molecule has 2 nitrogen and oxygen atoms in total. The van der Waals surface area contributed by atoms with Gasteiger partial charge in [0, 0.05) is 14.6 Å². The molecule has 2 aromatic rings. The lowest BCUT2D eigenvalue weighted by atomic mass is 10.3. The van der Waals surface area contributed by atoms with E-state index >= 15 is 0 Å². The number of hydrogen-bond acceptors (Lipinski definition) is 2. The van der Waals surface area contributed by atoms with E-state index in [0.29, 0.717) is 0 Å². The maximum Gasteiger partial charge on any atom is 0.130 e. The van der Waals surface area contributed by atoms with E-state index in [1.807, 2.05) is 43.3 Å². The van der Waals surface area contributed by atoms with Crippen molar-refractivity contribution in [1.29, 1.82) is 0 Å². The van der Waals surface area contributed by atoms with E-state index in [9.17, 15) is 0 Å². The van der Waals surface area contributed by atoms with Gasteiger partial charge in [-0.1, -0.05) is 22.0 Å². The molecular formula is C12H10Br2N2. The predicted octanol–water partition coefficient (Wildman–Crippen LogP) is 4.66. The average molecular weight is 342 g/mol. The Bertz CT molecular complexity index is 512. The normalized spacial score (nSPS) is 10.2. The van der Waals surface area contributed by atoms with E-state index in [4.69, 9.17) is 0 Å². The first-order valence-corrected chi connectivity index (χ1v) is 6.39. The molecular weight excluding hydrogens is 332 g/mol. The van der Waals surface area contributed by atoms with Crippen molar-refractivity contribution in [1.82, 2.24) is 4.98 Å². The fraction of sp³-hybridized carbons (Fsp3) is 0.0833. The van der Waals surface area contributed by atoms with Crippen LogP contribution < -0.4 is 5.32 Å². The standard InChI is InChI=1S/C12H10Br2N2/c1-8-11(14)5-6-12(15-8)16-10-4-2-3-9(13)7-10/h2-7H,1H3,(H,15,16). The smallest absolute Gasteiger partial charge is 0.130 e. The topological polar surface area (TPSA) is 24.9 Å². The Balaban J connectivity index is 2.24. The highest BCUT2D eigenvalue weighted by molar-refractivity contribution is 9.10. The van der Waals surface area contributed by atoms with E-state index in [-0.39, 0.29) is 0 Å². The Morgan fingerprint density at radius 2 is 1.94 bits per heavy atom. The fourth-order valence-corrected chi connectivity index (χ4v) is 1.95. The van der Waals surface area contributed by atoms with Gasteiger partial charge in [-0.2, -0.15) is 0 Å². The Morgan fingerprint density at radius 1 is 1.12 bits per heavy atom.